The molecule has 2 aromatic carbocycles. The fourth-order valence-electron chi connectivity index (χ4n) is 3.82. The Morgan fingerprint density at radius 2 is 1.62 bits per heavy atom. The van der Waals surface area contributed by atoms with Crippen LogP contribution in [0.5, 0.6) is 5.75 Å². The van der Waals surface area contributed by atoms with Crippen molar-refractivity contribution >= 4 is 11.9 Å². The Balaban J connectivity index is 2.34. The van der Waals surface area contributed by atoms with Gasteiger partial charge in [-0.2, -0.15) is 0 Å². The molecular formula is C19H18O5. The molecule has 124 valence electrons. The van der Waals surface area contributed by atoms with Gasteiger partial charge in [0, 0.05) is 17.4 Å². The molecular weight excluding hydrogens is 308 g/mol. The van der Waals surface area contributed by atoms with Gasteiger partial charge < -0.3 is 14.9 Å². The lowest BCUT2D eigenvalue weighted by atomic mass is 9.63. The van der Waals surface area contributed by atoms with Crippen LogP contribution in [0.25, 0.3) is 0 Å². The van der Waals surface area contributed by atoms with E-state index in [9.17, 15) is 19.8 Å². The molecule has 0 unspecified atom stereocenters. The van der Waals surface area contributed by atoms with Crippen LogP contribution in [-0.4, -0.2) is 29.3 Å². The highest BCUT2D eigenvalue weighted by atomic mass is 16.5. The summed E-state index contributed by atoms with van der Waals surface area (Å²) in [5.41, 5.74) is 2.20. The molecule has 0 saturated heterocycles. The number of carboxylic acids is 2. The first-order valence-corrected chi connectivity index (χ1v) is 7.66. The molecule has 0 aliphatic heterocycles. The van der Waals surface area contributed by atoms with Crippen LogP contribution < -0.4 is 4.74 Å². The number of carbonyl (C=O) groups is 2. The van der Waals surface area contributed by atoms with Gasteiger partial charge >= 0.3 is 11.9 Å². The van der Waals surface area contributed by atoms with E-state index in [1.54, 1.807) is 13.2 Å². The number of rotatable bonds is 5. The van der Waals surface area contributed by atoms with Crippen LogP contribution in [0.4, 0.5) is 0 Å². The summed E-state index contributed by atoms with van der Waals surface area (Å²) in [5, 5.41) is 19.0. The summed E-state index contributed by atoms with van der Waals surface area (Å²) in [6.45, 7) is 0. The highest BCUT2D eigenvalue weighted by Gasteiger charge is 2.44. The lowest BCUT2D eigenvalue weighted by Gasteiger charge is -2.39. The zero-order valence-electron chi connectivity index (χ0n) is 13.3. The Morgan fingerprint density at radius 3 is 2.25 bits per heavy atom. The fraction of sp³-hybridized carbons (Fsp3) is 0.263. The molecule has 2 N–H and O–H groups in total. The normalized spacial score (nSPS) is 14.4. The van der Waals surface area contributed by atoms with E-state index in [0.717, 1.165) is 22.3 Å². The third kappa shape index (κ3) is 2.52. The Bertz CT molecular complexity index is 793. The molecule has 0 fully saturated rings. The molecule has 24 heavy (non-hydrogen) atoms. The van der Waals surface area contributed by atoms with Crippen molar-refractivity contribution in [2.45, 2.75) is 24.7 Å². The van der Waals surface area contributed by atoms with Gasteiger partial charge in [-0.3, -0.25) is 9.59 Å². The molecule has 0 radical (unpaired) electrons. The minimum absolute atomic E-state index is 0.281. The second-order valence-electron chi connectivity index (χ2n) is 6.04. The van der Waals surface area contributed by atoms with Crippen molar-refractivity contribution in [3.63, 3.8) is 0 Å². The topological polar surface area (TPSA) is 83.8 Å². The van der Waals surface area contributed by atoms with Crippen molar-refractivity contribution in [3.8, 4) is 5.75 Å². The first-order valence-electron chi connectivity index (χ1n) is 7.66. The maximum absolute atomic E-state index is 11.6. The minimum Gasteiger partial charge on any atom is -0.496 e. The van der Waals surface area contributed by atoms with Crippen LogP contribution in [-0.2, 0) is 21.4 Å². The molecule has 0 amide bonds. The highest BCUT2D eigenvalue weighted by Crippen LogP contribution is 2.48. The van der Waals surface area contributed by atoms with E-state index >= 15 is 0 Å². The standard InChI is InChI=1S/C19H18O5/c1-24-16-8-4-7-15-13(16)9-12-5-2-3-6-14(12)19(15,10-17(20)21)11-18(22)23/h2-8H,9-11H2,1H3,(H,20,21)(H,22,23). The molecule has 0 saturated carbocycles. The number of ether oxygens (including phenoxy) is 1. The third-order valence-electron chi connectivity index (χ3n) is 4.67. The summed E-state index contributed by atoms with van der Waals surface area (Å²) in [5.74, 6) is -1.40. The molecule has 5 heteroatoms. The number of hydrogen-bond acceptors (Lipinski definition) is 3. The van der Waals surface area contributed by atoms with Gasteiger partial charge in [-0.15, -0.1) is 0 Å². The summed E-state index contributed by atoms with van der Waals surface area (Å²) in [6.07, 6.45) is 0.0312. The van der Waals surface area contributed by atoms with Crippen molar-refractivity contribution in [2.75, 3.05) is 7.11 Å². The summed E-state index contributed by atoms with van der Waals surface area (Å²) < 4.78 is 5.44. The molecule has 1 aliphatic carbocycles. The van der Waals surface area contributed by atoms with E-state index in [0.29, 0.717) is 12.2 Å². The molecule has 0 bridgehead atoms. The maximum atomic E-state index is 11.6. The Kier molecular flexibility index (Phi) is 4.01. The van der Waals surface area contributed by atoms with Crippen LogP contribution >= 0.6 is 0 Å². The Morgan fingerprint density at radius 1 is 1.00 bits per heavy atom. The Hall–Kier alpha value is -2.82. The highest BCUT2D eigenvalue weighted by molar-refractivity contribution is 5.78. The third-order valence-corrected chi connectivity index (χ3v) is 4.67. The van der Waals surface area contributed by atoms with Gasteiger partial charge in [-0.1, -0.05) is 36.4 Å². The van der Waals surface area contributed by atoms with Crippen molar-refractivity contribution < 1.29 is 24.5 Å². The molecule has 2 aromatic rings. The van der Waals surface area contributed by atoms with E-state index in [4.69, 9.17) is 4.74 Å². The molecule has 5 nitrogen and oxygen atoms in total. The van der Waals surface area contributed by atoms with Gasteiger partial charge in [0.05, 0.1) is 20.0 Å². The van der Waals surface area contributed by atoms with Gasteiger partial charge in [0.15, 0.2) is 0 Å². The quantitative estimate of drug-likeness (QED) is 0.882. The first kappa shape index (κ1) is 16.1. The van der Waals surface area contributed by atoms with Crippen molar-refractivity contribution in [1.29, 1.82) is 0 Å². The zero-order chi connectivity index (χ0) is 17.3. The zero-order valence-corrected chi connectivity index (χ0v) is 13.3. The second kappa shape index (κ2) is 6.00. The van der Waals surface area contributed by atoms with Gasteiger partial charge in [-0.25, -0.2) is 0 Å². The number of hydrogen-bond donors (Lipinski definition) is 2. The molecule has 1 aliphatic rings. The van der Waals surface area contributed by atoms with Gasteiger partial charge in [-0.05, 0) is 22.8 Å². The average molecular weight is 326 g/mol. The van der Waals surface area contributed by atoms with Crippen molar-refractivity contribution in [1.82, 2.24) is 0 Å². The Labute approximate surface area is 139 Å². The molecule has 0 heterocycles. The molecule has 0 aromatic heterocycles. The van der Waals surface area contributed by atoms with Gasteiger partial charge in [0.1, 0.15) is 5.75 Å². The average Bonchev–Trinajstić information content (AvgIpc) is 2.53. The monoisotopic (exact) mass is 326 g/mol. The summed E-state index contributed by atoms with van der Waals surface area (Å²) in [7, 11) is 1.56. The largest absolute Gasteiger partial charge is 0.496 e. The number of methoxy groups -OCH3 is 1. The lowest BCUT2D eigenvalue weighted by molar-refractivity contribution is -0.140. The fourth-order valence-corrected chi connectivity index (χ4v) is 3.82. The predicted octanol–water partition coefficient (Wildman–Crippen LogP) is 2.83. The minimum atomic E-state index is -1.10. The van der Waals surface area contributed by atoms with E-state index in [1.807, 2.05) is 36.4 Å². The molecule has 3 rings (SSSR count). The maximum Gasteiger partial charge on any atom is 0.304 e. The van der Waals surface area contributed by atoms with Gasteiger partial charge in [0.2, 0.25) is 0 Å². The smallest absolute Gasteiger partial charge is 0.304 e. The number of fused-ring (bicyclic) bond motifs is 2. The SMILES string of the molecule is COc1cccc2c1Cc1ccccc1C2(CC(=O)O)CC(=O)O. The van der Waals surface area contributed by atoms with Crippen LogP contribution in [0.3, 0.4) is 0 Å². The first-order chi connectivity index (χ1) is 11.5. The van der Waals surface area contributed by atoms with E-state index in [1.165, 1.54) is 0 Å². The van der Waals surface area contributed by atoms with E-state index in [-0.39, 0.29) is 12.8 Å². The van der Waals surface area contributed by atoms with Gasteiger partial charge in [0.25, 0.3) is 0 Å². The number of carboxylic acid groups (broad SMARTS) is 2. The predicted molar refractivity (Wildman–Crippen MR) is 87.5 cm³/mol. The van der Waals surface area contributed by atoms with Crippen LogP contribution in [0.1, 0.15) is 35.1 Å². The van der Waals surface area contributed by atoms with Crippen molar-refractivity contribution in [3.05, 3.63) is 64.7 Å². The van der Waals surface area contributed by atoms with E-state index in [2.05, 4.69) is 0 Å². The second-order valence-corrected chi connectivity index (χ2v) is 6.04. The number of benzene rings is 2. The summed E-state index contributed by atoms with van der Waals surface area (Å²) in [6, 6.07) is 12.9. The summed E-state index contributed by atoms with van der Waals surface area (Å²) >= 11 is 0. The van der Waals surface area contributed by atoms with Crippen LogP contribution in [0, 0.1) is 0 Å². The lowest BCUT2D eigenvalue weighted by Crippen LogP contribution is -2.38. The van der Waals surface area contributed by atoms with Crippen LogP contribution in [0.2, 0.25) is 0 Å². The molecule has 0 spiro atoms. The van der Waals surface area contributed by atoms with Crippen molar-refractivity contribution in [2.24, 2.45) is 0 Å². The summed E-state index contributed by atoms with van der Waals surface area (Å²) in [4.78, 5) is 23.2. The van der Waals surface area contributed by atoms with Crippen LogP contribution in [0.15, 0.2) is 42.5 Å². The van der Waals surface area contributed by atoms with E-state index < -0.39 is 17.4 Å². The number of aliphatic carboxylic acids is 2. The molecule has 0 atom stereocenters.